The van der Waals surface area contributed by atoms with Crippen LogP contribution in [0.25, 0.3) is 0 Å². The van der Waals surface area contributed by atoms with Crippen LogP contribution in [-0.4, -0.2) is 40.9 Å². The molecule has 1 aliphatic heterocycles. The van der Waals surface area contributed by atoms with E-state index in [1.807, 2.05) is 60.7 Å². The molecule has 0 spiro atoms. The Labute approximate surface area is 147 Å². The van der Waals surface area contributed by atoms with Crippen LogP contribution >= 0.6 is 0 Å². The van der Waals surface area contributed by atoms with Crippen molar-refractivity contribution < 1.29 is 24.4 Å². The molecule has 0 aromatic heterocycles. The van der Waals surface area contributed by atoms with Gasteiger partial charge in [0.2, 0.25) is 0 Å². The van der Waals surface area contributed by atoms with Gasteiger partial charge in [-0.2, -0.15) is 0 Å². The normalized spacial score (nSPS) is 29.5. The number of benzene rings is 2. The molecule has 5 heteroatoms. The number of aliphatic hydroxyl groups is 2. The molecule has 1 fully saturated rings. The van der Waals surface area contributed by atoms with Crippen LogP contribution in [0, 0.1) is 0 Å². The van der Waals surface area contributed by atoms with Crippen LogP contribution in [0.15, 0.2) is 60.7 Å². The minimum absolute atomic E-state index is 0.304. The fourth-order valence-electron chi connectivity index (χ4n) is 2.91. The summed E-state index contributed by atoms with van der Waals surface area (Å²) in [5.41, 5.74) is 1.97. The van der Waals surface area contributed by atoms with Crippen LogP contribution in [-0.2, 0) is 27.4 Å². The molecule has 0 amide bonds. The first-order valence-corrected chi connectivity index (χ1v) is 8.48. The highest BCUT2D eigenvalue weighted by Crippen LogP contribution is 2.26. The lowest BCUT2D eigenvalue weighted by molar-refractivity contribution is -0.300. The van der Waals surface area contributed by atoms with Gasteiger partial charge in [-0.05, 0) is 18.1 Å². The Balaban J connectivity index is 1.67. The van der Waals surface area contributed by atoms with E-state index >= 15 is 0 Å². The van der Waals surface area contributed by atoms with E-state index in [-0.39, 0.29) is 0 Å². The average molecular weight is 344 g/mol. The second-order valence-electron chi connectivity index (χ2n) is 6.24. The van der Waals surface area contributed by atoms with Crippen molar-refractivity contribution in [1.82, 2.24) is 0 Å². The largest absolute Gasteiger partial charge is 0.388 e. The average Bonchev–Trinajstić information content (AvgIpc) is 2.64. The predicted octanol–water partition coefficient (Wildman–Crippen LogP) is 2.26. The quantitative estimate of drug-likeness (QED) is 0.841. The van der Waals surface area contributed by atoms with E-state index in [0.717, 1.165) is 11.1 Å². The molecule has 25 heavy (non-hydrogen) atoms. The second-order valence-corrected chi connectivity index (χ2v) is 6.24. The predicted molar refractivity (Wildman–Crippen MR) is 92.6 cm³/mol. The maximum absolute atomic E-state index is 10.5. The van der Waals surface area contributed by atoms with Gasteiger partial charge in [-0.1, -0.05) is 60.7 Å². The van der Waals surface area contributed by atoms with Gasteiger partial charge in [0.25, 0.3) is 0 Å². The van der Waals surface area contributed by atoms with Crippen molar-refractivity contribution in [3.63, 3.8) is 0 Å². The molecule has 134 valence electrons. The smallest absolute Gasteiger partial charge is 0.184 e. The van der Waals surface area contributed by atoms with Crippen molar-refractivity contribution in [2.75, 3.05) is 0 Å². The summed E-state index contributed by atoms with van der Waals surface area (Å²) in [6.07, 6.45) is -4.01. The van der Waals surface area contributed by atoms with E-state index < -0.39 is 30.7 Å². The fourth-order valence-corrected chi connectivity index (χ4v) is 2.91. The van der Waals surface area contributed by atoms with Crippen molar-refractivity contribution in [2.45, 2.75) is 50.8 Å². The van der Waals surface area contributed by atoms with Gasteiger partial charge in [0.05, 0.1) is 19.3 Å². The minimum atomic E-state index is -1.15. The van der Waals surface area contributed by atoms with Gasteiger partial charge in [0.1, 0.15) is 18.3 Å². The highest BCUT2D eigenvalue weighted by molar-refractivity contribution is 5.14. The van der Waals surface area contributed by atoms with Gasteiger partial charge in [-0.3, -0.25) is 0 Å². The fraction of sp³-hybridized carbons (Fsp3) is 0.400. The van der Waals surface area contributed by atoms with E-state index in [1.165, 1.54) is 0 Å². The van der Waals surface area contributed by atoms with E-state index in [4.69, 9.17) is 14.2 Å². The second kappa shape index (κ2) is 8.56. The number of ether oxygens (including phenoxy) is 3. The van der Waals surface area contributed by atoms with Crippen molar-refractivity contribution in [2.24, 2.45) is 0 Å². The van der Waals surface area contributed by atoms with E-state index in [1.54, 1.807) is 6.92 Å². The number of rotatable bonds is 6. The van der Waals surface area contributed by atoms with E-state index in [2.05, 4.69) is 0 Å². The molecule has 5 atom stereocenters. The van der Waals surface area contributed by atoms with Crippen LogP contribution in [0.3, 0.4) is 0 Å². The molecular formula is C20H24O5. The monoisotopic (exact) mass is 344 g/mol. The summed E-state index contributed by atoms with van der Waals surface area (Å²) in [6.45, 7) is 2.34. The first-order chi connectivity index (χ1) is 12.1. The Morgan fingerprint density at radius 3 is 1.80 bits per heavy atom. The molecule has 2 N–H and O–H groups in total. The topological polar surface area (TPSA) is 68.2 Å². The van der Waals surface area contributed by atoms with Gasteiger partial charge < -0.3 is 24.4 Å². The Morgan fingerprint density at radius 2 is 1.28 bits per heavy atom. The Bertz CT molecular complexity index is 633. The van der Waals surface area contributed by atoms with Gasteiger partial charge in [-0.25, -0.2) is 0 Å². The summed E-state index contributed by atoms with van der Waals surface area (Å²) in [6, 6.07) is 19.4. The molecule has 3 rings (SSSR count). The molecule has 2 aromatic rings. The van der Waals surface area contributed by atoms with Crippen LogP contribution in [0.5, 0.6) is 0 Å². The summed E-state index contributed by atoms with van der Waals surface area (Å²) in [5.74, 6) is 0. The first kappa shape index (κ1) is 18.0. The molecular weight excluding hydrogens is 320 g/mol. The zero-order chi connectivity index (χ0) is 17.6. The molecule has 1 heterocycles. The summed E-state index contributed by atoms with van der Waals surface area (Å²) in [7, 11) is 0. The Hall–Kier alpha value is -1.76. The molecule has 0 aliphatic carbocycles. The van der Waals surface area contributed by atoms with Gasteiger partial charge >= 0.3 is 0 Å². The standard InChI is InChI=1S/C20H24O5/c1-14-17(21)18(23-12-15-8-4-2-5-9-15)19(20(22)25-14)24-13-16-10-6-3-7-11-16/h2-11,14,17-22H,12-13H2,1H3/t14-,17-,18+,19+,20?/m1/s1. The molecule has 1 unspecified atom stereocenters. The Morgan fingerprint density at radius 1 is 0.800 bits per heavy atom. The number of hydrogen-bond donors (Lipinski definition) is 2. The maximum atomic E-state index is 10.5. The van der Waals surface area contributed by atoms with Crippen LogP contribution in [0.4, 0.5) is 0 Å². The van der Waals surface area contributed by atoms with Crippen LogP contribution in [0.1, 0.15) is 18.1 Å². The summed E-state index contributed by atoms with van der Waals surface area (Å²) in [5, 5.41) is 20.7. The van der Waals surface area contributed by atoms with E-state index in [9.17, 15) is 10.2 Å². The third-order valence-corrected chi connectivity index (χ3v) is 4.35. The lowest BCUT2D eigenvalue weighted by Gasteiger charge is -2.41. The van der Waals surface area contributed by atoms with Gasteiger partial charge in [-0.15, -0.1) is 0 Å². The van der Waals surface area contributed by atoms with Crippen molar-refractivity contribution in [3.8, 4) is 0 Å². The zero-order valence-corrected chi connectivity index (χ0v) is 14.2. The molecule has 0 saturated carbocycles. The van der Waals surface area contributed by atoms with Crippen LogP contribution in [0.2, 0.25) is 0 Å². The molecule has 2 aromatic carbocycles. The van der Waals surface area contributed by atoms with Crippen molar-refractivity contribution >= 4 is 0 Å². The van der Waals surface area contributed by atoms with Crippen molar-refractivity contribution in [1.29, 1.82) is 0 Å². The third kappa shape index (κ3) is 4.66. The lowest BCUT2D eigenvalue weighted by Crippen LogP contribution is -2.58. The molecule has 0 bridgehead atoms. The Kier molecular flexibility index (Phi) is 6.18. The summed E-state index contributed by atoms with van der Waals surface area (Å²) < 4.78 is 17.1. The van der Waals surface area contributed by atoms with Gasteiger partial charge in [0, 0.05) is 0 Å². The molecule has 1 saturated heterocycles. The minimum Gasteiger partial charge on any atom is -0.388 e. The molecule has 0 radical (unpaired) electrons. The number of aliphatic hydroxyl groups excluding tert-OH is 2. The van der Waals surface area contributed by atoms with Gasteiger partial charge in [0.15, 0.2) is 6.29 Å². The van der Waals surface area contributed by atoms with Crippen LogP contribution < -0.4 is 0 Å². The van der Waals surface area contributed by atoms with E-state index in [0.29, 0.717) is 13.2 Å². The highest BCUT2D eigenvalue weighted by atomic mass is 16.7. The zero-order valence-electron chi connectivity index (χ0n) is 14.2. The summed E-state index contributed by atoms with van der Waals surface area (Å²) >= 11 is 0. The number of hydrogen-bond acceptors (Lipinski definition) is 5. The SMILES string of the molecule is C[C@H]1OC(O)[C@@H](OCc2ccccc2)[C@@H](OCc2ccccc2)[C@@H]1O. The third-order valence-electron chi connectivity index (χ3n) is 4.35. The lowest BCUT2D eigenvalue weighted by atomic mass is 9.99. The maximum Gasteiger partial charge on any atom is 0.184 e. The molecule has 1 aliphatic rings. The first-order valence-electron chi connectivity index (χ1n) is 8.48. The highest BCUT2D eigenvalue weighted by Gasteiger charge is 2.44. The van der Waals surface area contributed by atoms with Crippen molar-refractivity contribution in [3.05, 3.63) is 71.8 Å². The summed E-state index contributed by atoms with van der Waals surface area (Å²) in [4.78, 5) is 0. The molecule has 5 nitrogen and oxygen atoms in total.